The van der Waals surface area contributed by atoms with Crippen molar-refractivity contribution in [2.75, 3.05) is 19.8 Å². The van der Waals surface area contributed by atoms with Gasteiger partial charge in [0.25, 0.3) is 11.6 Å². The maximum Gasteiger partial charge on any atom is 0.357 e. The summed E-state index contributed by atoms with van der Waals surface area (Å²) in [7, 11) is -2.39. The molecule has 1 aromatic heterocycles. The minimum absolute atomic E-state index is 0.00861. The van der Waals surface area contributed by atoms with Crippen LogP contribution in [0.2, 0.25) is 18.1 Å². The number of non-ortho nitro benzene ring substituents is 1. The molecule has 16 heteroatoms. The van der Waals surface area contributed by atoms with Gasteiger partial charge in [-0.15, -0.1) is 11.3 Å². The van der Waals surface area contributed by atoms with Crippen LogP contribution in [0.3, 0.4) is 0 Å². The molecule has 0 unspecified atom stereocenters. The number of thiazole rings is 1. The molecule has 1 aromatic carbocycles. The molecule has 1 amide bonds. The quantitative estimate of drug-likeness (QED) is 0.0177. The van der Waals surface area contributed by atoms with Gasteiger partial charge in [0.05, 0.1) is 36.9 Å². The summed E-state index contributed by atoms with van der Waals surface area (Å²) < 4.78 is 17.9. The van der Waals surface area contributed by atoms with Gasteiger partial charge in [-0.1, -0.05) is 60.0 Å². The van der Waals surface area contributed by atoms with Gasteiger partial charge in [0.2, 0.25) is 0 Å². The minimum atomic E-state index is -2.39. The number of ether oxygens (including phenoxy) is 2. The molecule has 0 N–H and O–H groups in total. The third-order valence-electron chi connectivity index (χ3n) is 8.96. The Morgan fingerprint density at radius 1 is 1.14 bits per heavy atom. The van der Waals surface area contributed by atoms with Crippen LogP contribution >= 0.6 is 11.3 Å². The molecule has 2 aromatic rings. The standard InChI is InChI=1S/C34H54N6O8SSi/c1-11-24(5)30(37-38-35)32(41)39(47-19-13-18-45-21-25-14-16-26(17-15-25)40(43)44)28(23(3)4)20-29(48-50(9,10)34(6,7)8)31-36-27(22-49-31)33(42)46-12-2/h14-17,22-24,28-30H,11-13,18-21H2,1-10H3/t24-,28+,29+,30-/m0/s1. The number of hydroxylamine groups is 2. The summed E-state index contributed by atoms with van der Waals surface area (Å²) in [4.78, 5) is 51.1. The number of carbonyl (C=O) groups is 2. The molecule has 14 nitrogen and oxygen atoms in total. The average molecular weight is 735 g/mol. The summed E-state index contributed by atoms with van der Waals surface area (Å²) >= 11 is 1.31. The number of esters is 1. The maximum absolute atomic E-state index is 14.2. The Morgan fingerprint density at radius 3 is 2.34 bits per heavy atom. The number of rotatable bonds is 21. The van der Waals surface area contributed by atoms with E-state index >= 15 is 0 Å². The van der Waals surface area contributed by atoms with Crippen LogP contribution in [0.15, 0.2) is 34.8 Å². The lowest BCUT2D eigenvalue weighted by Gasteiger charge is -2.41. The van der Waals surface area contributed by atoms with Crippen molar-refractivity contribution >= 4 is 37.2 Å². The van der Waals surface area contributed by atoms with Gasteiger partial charge in [0.1, 0.15) is 11.0 Å². The topological polar surface area (TPSA) is 179 Å². The molecule has 0 saturated carbocycles. The maximum atomic E-state index is 14.2. The van der Waals surface area contributed by atoms with Crippen LogP contribution in [0.25, 0.3) is 10.4 Å². The van der Waals surface area contributed by atoms with Gasteiger partial charge >= 0.3 is 5.97 Å². The van der Waals surface area contributed by atoms with Crippen LogP contribution in [-0.2, 0) is 30.1 Å². The van der Waals surface area contributed by atoms with Crippen LogP contribution in [-0.4, -0.2) is 67.1 Å². The van der Waals surface area contributed by atoms with Gasteiger partial charge in [-0.25, -0.2) is 14.8 Å². The fourth-order valence-corrected chi connectivity index (χ4v) is 6.88. The zero-order chi connectivity index (χ0) is 37.6. The van der Waals surface area contributed by atoms with Crippen LogP contribution in [0, 0.1) is 22.0 Å². The second-order valence-electron chi connectivity index (χ2n) is 14.1. The van der Waals surface area contributed by atoms with E-state index < -0.39 is 43.3 Å². The number of nitro benzene ring substituents is 1. The van der Waals surface area contributed by atoms with Crippen LogP contribution < -0.4 is 0 Å². The van der Waals surface area contributed by atoms with Gasteiger partial charge in [0.15, 0.2) is 14.0 Å². The largest absolute Gasteiger partial charge is 0.461 e. The van der Waals surface area contributed by atoms with E-state index in [1.165, 1.54) is 28.5 Å². The van der Waals surface area contributed by atoms with E-state index in [1.807, 2.05) is 27.7 Å². The summed E-state index contributed by atoms with van der Waals surface area (Å²) in [5, 5.41) is 18.3. The molecule has 0 aliphatic carbocycles. The van der Waals surface area contributed by atoms with Crippen molar-refractivity contribution < 1.29 is 33.2 Å². The first kappa shape index (κ1) is 42.8. The van der Waals surface area contributed by atoms with Crippen LogP contribution in [0.1, 0.15) is 102 Å². The number of carbonyl (C=O) groups excluding carboxylic acids is 2. The summed E-state index contributed by atoms with van der Waals surface area (Å²) in [6.45, 7) is 21.1. The van der Waals surface area contributed by atoms with Gasteiger partial charge in [-0.2, -0.15) is 0 Å². The van der Waals surface area contributed by atoms with Crippen molar-refractivity contribution in [1.82, 2.24) is 10.0 Å². The molecule has 0 saturated heterocycles. The first-order valence-electron chi connectivity index (χ1n) is 17.1. The summed E-state index contributed by atoms with van der Waals surface area (Å²) in [5.74, 6) is -1.31. The Labute approximate surface area is 300 Å². The average Bonchev–Trinajstić information content (AvgIpc) is 3.55. The number of benzene rings is 1. The Kier molecular flexibility index (Phi) is 17.0. The fourth-order valence-electron chi connectivity index (χ4n) is 4.69. The number of nitro groups is 1. The van der Waals surface area contributed by atoms with Crippen LogP contribution in [0.5, 0.6) is 0 Å². The molecule has 50 heavy (non-hydrogen) atoms. The predicted molar refractivity (Wildman–Crippen MR) is 195 cm³/mol. The van der Waals surface area contributed by atoms with E-state index in [4.69, 9.17) is 18.7 Å². The lowest BCUT2D eigenvalue weighted by atomic mass is 9.94. The van der Waals surface area contributed by atoms with Gasteiger partial charge in [-0.3, -0.25) is 19.7 Å². The lowest BCUT2D eigenvalue weighted by molar-refractivity contribution is -0.384. The van der Waals surface area contributed by atoms with Gasteiger partial charge in [-0.05, 0) is 66.5 Å². The van der Waals surface area contributed by atoms with E-state index in [0.29, 0.717) is 30.9 Å². The molecule has 0 aliphatic heterocycles. The Morgan fingerprint density at radius 2 is 1.80 bits per heavy atom. The summed E-state index contributed by atoms with van der Waals surface area (Å²) in [6.07, 6.45) is 0.795. The number of nitrogens with zero attached hydrogens (tertiary/aromatic N) is 6. The molecule has 0 spiro atoms. The normalized spacial score (nSPS) is 14.4. The third kappa shape index (κ3) is 12.4. The smallest absolute Gasteiger partial charge is 0.357 e. The predicted octanol–water partition coefficient (Wildman–Crippen LogP) is 8.80. The highest BCUT2D eigenvalue weighted by Gasteiger charge is 2.43. The first-order valence-corrected chi connectivity index (χ1v) is 20.9. The molecule has 4 atom stereocenters. The Hall–Kier alpha value is -3.40. The number of hydrogen-bond acceptors (Lipinski definition) is 11. The second kappa shape index (κ2) is 19.8. The van der Waals surface area contributed by atoms with Gasteiger partial charge < -0.3 is 13.9 Å². The Bertz CT molecular complexity index is 1440. The minimum Gasteiger partial charge on any atom is -0.461 e. The van der Waals surface area contributed by atoms with E-state index in [-0.39, 0.29) is 48.1 Å². The third-order valence-corrected chi connectivity index (χ3v) is 14.4. The first-order chi connectivity index (χ1) is 23.5. The number of aromatic nitrogens is 1. The molecule has 0 fully saturated rings. The van der Waals surface area contributed by atoms with Crippen molar-refractivity contribution in [1.29, 1.82) is 0 Å². The zero-order valence-electron chi connectivity index (χ0n) is 31.1. The Balaban J connectivity index is 2.39. The van der Waals surface area contributed by atoms with Crippen molar-refractivity contribution in [2.24, 2.45) is 17.0 Å². The molecule has 0 aliphatic rings. The van der Waals surface area contributed by atoms with E-state index in [2.05, 4.69) is 48.9 Å². The summed E-state index contributed by atoms with van der Waals surface area (Å²) in [6, 6.07) is 4.65. The molecule has 0 radical (unpaired) electrons. The highest BCUT2D eigenvalue weighted by molar-refractivity contribution is 7.09. The molecule has 1 heterocycles. The monoisotopic (exact) mass is 734 g/mol. The molecular formula is C34H54N6O8SSi. The number of hydrogen-bond donors (Lipinski definition) is 0. The fraction of sp³-hybridized carbons (Fsp3) is 0.676. The number of amides is 1. The highest BCUT2D eigenvalue weighted by atomic mass is 32.1. The second-order valence-corrected chi connectivity index (χ2v) is 19.7. The van der Waals surface area contributed by atoms with Crippen molar-refractivity contribution in [2.45, 2.75) is 118 Å². The molecule has 2 rings (SSSR count). The molecular weight excluding hydrogens is 681 g/mol. The van der Waals surface area contributed by atoms with E-state index in [1.54, 1.807) is 24.4 Å². The van der Waals surface area contributed by atoms with Gasteiger partial charge in [0, 0.05) is 35.5 Å². The van der Waals surface area contributed by atoms with Crippen molar-refractivity contribution in [3.8, 4) is 0 Å². The molecule has 0 bridgehead atoms. The summed E-state index contributed by atoms with van der Waals surface area (Å²) in [5.41, 5.74) is 10.4. The van der Waals surface area contributed by atoms with E-state index in [9.17, 15) is 25.2 Å². The highest BCUT2D eigenvalue weighted by Crippen LogP contribution is 2.42. The van der Waals surface area contributed by atoms with Crippen molar-refractivity contribution in [3.63, 3.8) is 0 Å². The lowest BCUT2D eigenvalue weighted by Crippen LogP contribution is -2.50. The van der Waals surface area contributed by atoms with Crippen molar-refractivity contribution in [3.05, 3.63) is 66.5 Å². The molecule has 278 valence electrons. The SMILES string of the molecule is CCOC(=O)c1csc([C@@H](C[C@H](C(C)C)N(OCCCOCc2ccc([N+](=O)[O-])cc2)C(=O)[C@@H](N=[N+]=[N-])[C@@H](C)CC)O[Si](C)(C)C(C)(C)C)n1. The number of azide groups is 1. The zero-order valence-corrected chi connectivity index (χ0v) is 32.9. The van der Waals surface area contributed by atoms with Crippen LogP contribution in [0.4, 0.5) is 5.69 Å². The van der Waals surface area contributed by atoms with E-state index in [0.717, 1.165) is 5.56 Å².